The number of hydrogen-bond acceptors (Lipinski definition) is 10. The number of amides is 4. The maximum atomic E-state index is 13.2. The fraction of sp³-hybridized carbons (Fsp3) is 0.556. The van der Waals surface area contributed by atoms with Gasteiger partial charge in [0.1, 0.15) is 0 Å². The summed E-state index contributed by atoms with van der Waals surface area (Å²) in [6.07, 6.45) is 7.60. The van der Waals surface area contributed by atoms with Crippen molar-refractivity contribution in [1.82, 2.24) is 31.1 Å². The standard InChI is InChI=1S/C36H54N8O4.6ClH/c37-13-5-19-39-15-1-3-17-41-21-7-23-43-33(45)29-11-9-27(25-31(29)35(43)47)28-10-12-30-32(26-28)36(48)44(34(30)46)24-8-22-42-18-4-2-16-40-20-6-14-38;;;;;;/h9-12,25-26,39-42H,1-8,13-24,37-38H2;6*1H. The second-order valence-corrected chi connectivity index (χ2v) is 12.5. The Morgan fingerprint density at radius 2 is 0.667 bits per heavy atom. The highest BCUT2D eigenvalue weighted by Gasteiger charge is 2.37. The van der Waals surface area contributed by atoms with Crippen molar-refractivity contribution in [2.45, 2.75) is 51.4 Å². The van der Waals surface area contributed by atoms with Gasteiger partial charge < -0.3 is 32.7 Å². The maximum absolute atomic E-state index is 13.2. The van der Waals surface area contributed by atoms with Crippen molar-refractivity contribution in [1.29, 1.82) is 0 Å². The quantitative estimate of drug-likeness (QED) is 0.0617. The number of imide groups is 2. The minimum absolute atomic E-state index is 0. The molecule has 310 valence electrons. The Bertz CT molecular complexity index is 1310. The first-order valence-corrected chi connectivity index (χ1v) is 17.7. The van der Waals surface area contributed by atoms with Crippen LogP contribution in [0, 0.1) is 0 Å². The molecule has 0 aromatic heterocycles. The Kier molecular flexibility index (Phi) is 32.8. The lowest BCUT2D eigenvalue weighted by atomic mass is 9.97. The number of nitrogens with one attached hydrogen (secondary N) is 4. The summed E-state index contributed by atoms with van der Waals surface area (Å²) in [5, 5.41) is 13.5. The molecule has 0 spiro atoms. The third-order valence-corrected chi connectivity index (χ3v) is 8.77. The zero-order chi connectivity index (χ0) is 34.1. The van der Waals surface area contributed by atoms with Gasteiger partial charge in [0.2, 0.25) is 0 Å². The monoisotopic (exact) mass is 878 g/mol. The Labute approximate surface area is 357 Å². The normalized spacial score (nSPS) is 12.5. The Morgan fingerprint density at radius 1 is 0.389 bits per heavy atom. The van der Waals surface area contributed by atoms with Gasteiger partial charge in [-0.3, -0.25) is 29.0 Å². The van der Waals surface area contributed by atoms with E-state index >= 15 is 0 Å². The Morgan fingerprint density at radius 3 is 0.981 bits per heavy atom. The van der Waals surface area contributed by atoms with Gasteiger partial charge in [-0.25, -0.2) is 0 Å². The summed E-state index contributed by atoms with van der Waals surface area (Å²) < 4.78 is 0. The molecule has 0 radical (unpaired) electrons. The van der Waals surface area contributed by atoms with E-state index in [1.807, 2.05) is 0 Å². The molecule has 2 aromatic rings. The predicted molar refractivity (Wildman–Crippen MR) is 233 cm³/mol. The molecule has 8 N–H and O–H groups in total. The van der Waals surface area contributed by atoms with E-state index in [0.717, 1.165) is 102 Å². The Hall–Kier alpha value is -1.78. The molecule has 4 rings (SSSR count). The average Bonchev–Trinajstić information content (AvgIpc) is 3.48. The number of carbonyl (C=O) groups excluding carboxylic acids is 4. The number of halogens is 6. The average molecular weight is 882 g/mol. The number of hydrogen-bond donors (Lipinski definition) is 6. The van der Waals surface area contributed by atoms with E-state index in [-0.39, 0.29) is 98.1 Å². The van der Waals surface area contributed by atoms with Crippen LogP contribution in [0.15, 0.2) is 36.4 Å². The largest absolute Gasteiger partial charge is 0.330 e. The molecule has 4 amide bonds. The van der Waals surface area contributed by atoms with Crippen molar-refractivity contribution in [3.05, 3.63) is 58.7 Å². The van der Waals surface area contributed by atoms with Gasteiger partial charge in [0.25, 0.3) is 23.6 Å². The number of carbonyl (C=O) groups is 4. The van der Waals surface area contributed by atoms with E-state index in [1.165, 1.54) is 9.80 Å². The fourth-order valence-corrected chi connectivity index (χ4v) is 6.03. The summed E-state index contributed by atoms with van der Waals surface area (Å²) in [4.78, 5) is 55.1. The molecule has 0 bridgehead atoms. The van der Waals surface area contributed by atoms with Crippen molar-refractivity contribution in [3.63, 3.8) is 0 Å². The minimum atomic E-state index is -0.299. The molecular weight excluding hydrogens is 821 g/mol. The van der Waals surface area contributed by atoms with Gasteiger partial charge in [-0.15, -0.1) is 74.4 Å². The van der Waals surface area contributed by atoms with Gasteiger partial charge in [-0.1, -0.05) is 12.1 Å². The van der Waals surface area contributed by atoms with Gasteiger partial charge in [0, 0.05) is 13.1 Å². The smallest absolute Gasteiger partial charge is 0.261 e. The van der Waals surface area contributed by atoms with Crippen LogP contribution in [0.5, 0.6) is 0 Å². The lowest BCUT2D eigenvalue weighted by Gasteiger charge is -2.14. The summed E-state index contributed by atoms with van der Waals surface area (Å²) in [5.74, 6) is -1.15. The van der Waals surface area contributed by atoms with Gasteiger partial charge in [0.15, 0.2) is 0 Å². The number of benzene rings is 2. The zero-order valence-corrected chi connectivity index (χ0v) is 35.6. The van der Waals surface area contributed by atoms with Crippen molar-refractivity contribution < 1.29 is 19.2 Å². The molecule has 18 heteroatoms. The van der Waals surface area contributed by atoms with Crippen LogP contribution in [0.4, 0.5) is 0 Å². The van der Waals surface area contributed by atoms with Crippen LogP contribution in [0.2, 0.25) is 0 Å². The molecule has 2 aliphatic heterocycles. The first kappa shape index (κ1) is 56.6. The number of nitrogens with zero attached hydrogens (tertiary/aromatic N) is 2. The highest BCUT2D eigenvalue weighted by molar-refractivity contribution is 6.23. The Balaban J connectivity index is -0.00000433. The summed E-state index contributed by atoms with van der Waals surface area (Å²) in [5.41, 5.74) is 14.0. The number of rotatable bonds is 25. The lowest BCUT2D eigenvalue weighted by Crippen LogP contribution is -2.32. The first-order chi connectivity index (χ1) is 23.5. The molecule has 0 unspecified atom stereocenters. The fourth-order valence-electron chi connectivity index (χ4n) is 6.03. The molecule has 12 nitrogen and oxygen atoms in total. The number of unbranched alkanes of at least 4 members (excludes halogenated alkanes) is 2. The molecule has 2 heterocycles. The van der Waals surface area contributed by atoms with Crippen LogP contribution in [0.3, 0.4) is 0 Å². The molecule has 0 aliphatic carbocycles. The zero-order valence-electron chi connectivity index (χ0n) is 30.7. The molecule has 0 atom stereocenters. The van der Waals surface area contributed by atoms with Crippen LogP contribution in [0.25, 0.3) is 11.1 Å². The van der Waals surface area contributed by atoms with E-state index in [1.54, 1.807) is 36.4 Å². The molecule has 2 aromatic carbocycles. The summed E-state index contributed by atoms with van der Waals surface area (Å²) in [6, 6.07) is 10.4. The molecule has 54 heavy (non-hydrogen) atoms. The van der Waals surface area contributed by atoms with Crippen LogP contribution >= 0.6 is 74.4 Å². The van der Waals surface area contributed by atoms with Crippen LogP contribution < -0.4 is 32.7 Å². The summed E-state index contributed by atoms with van der Waals surface area (Å²) in [7, 11) is 0. The first-order valence-electron chi connectivity index (χ1n) is 17.7. The number of nitrogens with two attached hydrogens (primary N) is 2. The maximum Gasteiger partial charge on any atom is 0.261 e. The summed E-state index contributed by atoms with van der Waals surface area (Å²) >= 11 is 0. The van der Waals surface area contributed by atoms with Crippen molar-refractivity contribution >= 4 is 98.1 Å². The highest BCUT2D eigenvalue weighted by atomic mass is 35.5. The van der Waals surface area contributed by atoms with Gasteiger partial charge in [-0.2, -0.15) is 0 Å². The van der Waals surface area contributed by atoms with Gasteiger partial charge >= 0.3 is 0 Å². The second-order valence-electron chi connectivity index (χ2n) is 12.5. The molecular formula is C36H60Cl6N8O4. The highest BCUT2D eigenvalue weighted by Crippen LogP contribution is 2.32. The minimum Gasteiger partial charge on any atom is -0.330 e. The third kappa shape index (κ3) is 16.4. The lowest BCUT2D eigenvalue weighted by molar-refractivity contribution is 0.0637. The van der Waals surface area contributed by atoms with E-state index in [0.29, 0.717) is 61.3 Å². The van der Waals surface area contributed by atoms with Crippen LogP contribution in [0.1, 0.15) is 92.8 Å². The molecule has 2 aliphatic rings. The van der Waals surface area contributed by atoms with Crippen LogP contribution in [-0.2, 0) is 0 Å². The molecule has 0 saturated heterocycles. The van der Waals surface area contributed by atoms with Gasteiger partial charge in [0.05, 0.1) is 22.3 Å². The van der Waals surface area contributed by atoms with Crippen molar-refractivity contribution in [2.75, 3.05) is 78.5 Å². The summed E-state index contributed by atoms with van der Waals surface area (Å²) in [6.45, 7) is 9.20. The molecule has 0 saturated carbocycles. The van der Waals surface area contributed by atoms with E-state index in [4.69, 9.17) is 11.5 Å². The predicted octanol–water partition coefficient (Wildman–Crippen LogP) is 4.47. The van der Waals surface area contributed by atoms with E-state index in [9.17, 15) is 19.2 Å². The van der Waals surface area contributed by atoms with Gasteiger partial charge in [-0.05, 0) is 152 Å². The number of fused-ring (bicyclic) bond motifs is 2. The third-order valence-electron chi connectivity index (χ3n) is 8.77. The van der Waals surface area contributed by atoms with E-state index in [2.05, 4.69) is 21.3 Å². The van der Waals surface area contributed by atoms with Crippen molar-refractivity contribution in [3.8, 4) is 11.1 Å². The van der Waals surface area contributed by atoms with Crippen molar-refractivity contribution in [2.24, 2.45) is 11.5 Å². The van der Waals surface area contributed by atoms with E-state index < -0.39 is 0 Å². The topological polar surface area (TPSA) is 175 Å². The molecule has 0 fully saturated rings. The second kappa shape index (κ2) is 31.3. The van der Waals surface area contributed by atoms with Crippen LogP contribution in [-0.4, -0.2) is 112 Å². The SMILES string of the molecule is Cl.Cl.Cl.Cl.Cl.Cl.NCCCNCCCCNCCCN1C(=O)c2ccc(-c3ccc4c(c3)C(=O)N(CCCNCCCCNCCCN)C4=O)cc2C1=O.